The van der Waals surface area contributed by atoms with E-state index in [1.165, 1.54) is 29.6 Å². The molecule has 0 spiro atoms. The first-order valence-corrected chi connectivity index (χ1v) is 15.2. The van der Waals surface area contributed by atoms with E-state index in [2.05, 4.69) is 4.98 Å². The molecule has 2 aromatic carbocycles. The van der Waals surface area contributed by atoms with Gasteiger partial charge in [-0.15, -0.1) is 11.3 Å². The van der Waals surface area contributed by atoms with E-state index in [1.807, 2.05) is 41.1 Å². The van der Waals surface area contributed by atoms with Crippen LogP contribution >= 0.6 is 11.3 Å². The summed E-state index contributed by atoms with van der Waals surface area (Å²) in [6, 6.07) is 14.9. The molecule has 0 amide bonds. The van der Waals surface area contributed by atoms with Crippen molar-refractivity contribution in [2.45, 2.75) is 62.4 Å². The molecule has 4 aromatic rings. The fourth-order valence-electron chi connectivity index (χ4n) is 5.16. The molecule has 10 heteroatoms. The van der Waals surface area contributed by atoms with Gasteiger partial charge in [0.2, 0.25) is 5.13 Å². The average molecular weight is 563 g/mol. The van der Waals surface area contributed by atoms with Crippen molar-refractivity contribution in [2.24, 2.45) is 5.92 Å². The van der Waals surface area contributed by atoms with Crippen LogP contribution in [-0.2, 0) is 23.9 Å². The lowest BCUT2D eigenvalue weighted by molar-refractivity contribution is 0.0691. The zero-order valence-corrected chi connectivity index (χ0v) is 22.9. The molecular weight excluding hydrogens is 534 g/mol. The third-order valence-corrected chi connectivity index (χ3v) is 8.84. The predicted molar refractivity (Wildman–Crippen MR) is 147 cm³/mol. The number of aromatic carboxylic acids is 1. The smallest absolute Gasteiger partial charge is 0.355 e. The fourth-order valence-corrected chi connectivity index (χ4v) is 6.29. The number of carboxylic acid groups (broad SMARTS) is 1. The van der Waals surface area contributed by atoms with E-state index in [-0.39, 0.29) is 16.7 Å². The summed E-state index contributed by atoms with van der Waals surface area (Å²) in [7, 11) is 0. The summed E-state index contributed by atoms with van der Waals surface area (Å²) in [5, 5.41) is 16.6. The molecule has 1 N–H and O–H groups in total. The van der Waals surface area contributed by atoms with Gasteiger partial charge in [0.25, 0.3) is 0 Å². The van der Waals surface area contributed by atoms with Crippen LogP contribution in [0.3, 0.4) is 0 Å². The summed E-state index contributed by atoms with van der Waals surface area (Å²) in [4.78, 5) is 16.2. The van der Waals surface area contributed by atoms with Crippen LogP contribution in [-0.4, -0.2) is 40.7 Å². The van der Waals surface area contributed by atoms with Gasteiger partial charge in [0.05, 0.1) is 17.5 Å². The largest absolute Gasteiger partial charge is 0.768 e. The minimum absolute atomic E-state index is 0.000801. The normalized spacial score (nSPS) is 16.4. The van der Waals surface area contributed by atoms with E-state index in [0.717, 1.165) is 65.9 Å². The average Bonchev–Trinajstić information content (AvgIpc) is 3.28. The van der Waals surface area contributed by atoms with Crippen LogP contribution < -0.4 is 4.74 Å². The third-order valence-electron chi connectivity index (χ3n) is 7.37. The number of rotatable bonds is 10. The van der Waals surface area contributed by atoms with Crippen molar-refractivity contribution in [1.29, 1.82) is 0 Å². The number of benzene rings is 2. The van der Waals surface area contributed by atoms with E-state index in [0.29, 0.717) is 17.5 Å². The van der Waals surface area contributed by atoms with Crippen molar-refractivity contribution < 1.29 is 23.4 Å². The number of thiazole rings is 1. The third kappa shape index (κ3) is 5.83. The van der Waals surface area contributed by atoms with Gasteiger partial charge in [0.1, 0.15) is 5.75 Å². The highest BCUT2D eigenvalue weighted by Crippen LogP contribution is 2.39. The topological polar surface area (TPSA) is 117 Å². The van der Waals surface area contributed by atoms with Crippen molar-refractivity contribution in [2.75, 3.05) is 0 Å². The molecular formula is C29H28N3O5S2-. The Morgan fingerprint density at radius 1 is 1.13 bits per heavy atom. The summed E-state index contributed by atoms with van der Waals surface area (Å²) in [5.74, 6) is 0.294. The molecule has 1 unspecified atom stereocenters. The molecule has 2 fully saturated rings. The first kappa shape index (κ1) is 25.9. The molecule has 0 aliphatic heterocycles. The van der Waals surface area contributed by atoms with Crippen LogP contribution in [0, 0.1) is 5.92 Å². The number of carbonyl (C=O) groups is 1. The first-order chi connectivity index (χ1) is 18.9. The van der Waals surface area contributed by atoms with Gasteiger partial charge in [-0.25, -0.2) is 14.5 Å². The zero-order valence-electron chi connectivity index (χ0n) is 21.2. The Bertz CT molecular complexity index is 1520. The van der Waals surface area contributed by atoms with E-state index < -0.39 is 17.0 Å². The molecule has 2 aliphatic rings. The van der Waals surface area contributed by atoms with E-state index in [9.17, 15) is 18.7 Å². The van der Waals surface area contributed by atoms with E-state index >= 15 is 0 Å². The Morgan fingerprint density at radius 3 is 2.56 bits per heavy atom. The second kappa shape index (κ2) is 11.0. The summed E-state index contributed by atoms with van der Waals surface area (Å²) in [6.45, 7) is 0. The summed E-state index contributed by atoms with van der Waals surface area (Å²) >= 11 is -1.02. The molecule has 0 radical (unpaired) electrons. The summed E-state index contributed by atoms with van der Waals surface area (Å²) in [5.41, 5.74) is 4.72. The molecule has 202 valence electrons. The molecule has 2 heterocycles. The van der Waals surface area contributed by atoms with E-state index in [1.54, 1.807) is 12.1 Å². The minimum atomic E-state index is -2.28. The Hall–Kier alpha value is -3.34. The van der Waals surface area contributed by atoms with Crippen LogP contribution in [0.1, 0.15) is 65.8 Å². The van der Waals surface area contributed by atoms with Gasteiger partial charge in [-0.3, -0.25) is 4.21 Å². The fraction of sp³-hybridized carbons (Fsp3) is 0.345. The number of ether oxygens (including phenoxy) is 1. The summed E-state index contributed by atoms with van der Waals surface area (Å²) in [6.07, 6.45) is 8.39. The second-order valence-electron chi connectivity index (χ2n) is 10.3. The molecule has 6 rings (SSSR count). The number of nitrogens with zero attached hydrogens (tertiary/aromatic N) is 3. The monoisotopic (exact) mass is 562 g/mol. The quantitative estimate of drug-likeness (QED) is 0.243. The van der Waals surface area contributed by atoms with Crippen molar-refractivity contribution in [3.63, 3.8) is 0 Å². The molecule has 2 aliphatic carbocycles. The first-order valence-electron chi connectivity index (χ1n) is 13.2. The molecule has 1 atom stereocenters. The highest BCUT2D eigenvalue weighted by molar-refractivity contribution is 7.79. The molecule has 2 saturated carbocycles. The SMILES string of the molecule is O=C(O)c1csc(-n2nc(-c3cccc(OC4CCCC4)c3)c(Cc3ccc(S(=O)[O-])cc3)c2CC2CC2)n1. The van der Waals surface area contributed by atoms with Gasteiger partial charge < -0.3 is 14.4 Å². The second-order valence-corrected chi connectivity index (χ2v) is 12.0. The van der Waals surface area contributed by atoms with Crippen LogP contribution in [0.25, 0.3) is 16.4 Å². The maximum absolute atomic E-state index is 11.6. The lowest BCUT2D eigenvalue weighted by atomic mass is 9.97. The summed E-state index contributed by atoms with van der Waals surface area (Å²) < 4.78 is 30.9. The van der Waals surface area contributed by atoms with Crippen molar-refractivity contribution in [3.05, 3.63) is 76.4 Å². The lowest BCUT2D eigenvalue weighted by Crippen LogP contribution is -2.10. The molecule has 0 saturated heterocycles. The van der Waals surface area contributed by atoms with Crippen molar-refractivity contribution in [3.8, 4) is 22.1 Å². The van der Waals surface area contributed by atoms with Crippen molar-refractivity contribution >= 4 is 28.4 Å². The van der Waals surface area contributed by atoms with Crippen LogP contribution in [0.2, 0.25) is 0 Å². The van der Waals surface area contributed by atoms with Gasteiger partial charge in [0, 0.05) is 27.8 Å². The minimum Gasteiger partial charge on any atom is -0.768 e. The van der Waals surface area contributed by atoms with Crippen molar-refractivity contribution in [1.82, 2.24) is 14.8 Å². The van der Waals surface area contributed by atoms with Gasteiger partial charge in [0.15, 0.2) is 5.69 Å². The van der Waals surface area contributed by atoms with E-state index in [4.69, 9.17) is 9.84 Å². The Labute approximate surface area is 233 Å². The number of carboxylic acids is 1. The van der Waals surface area contributed by atoms with Crippen LogP contribution in [0.15, 0.2) is 58.8 Å². The highest BCUT2D eigenvalue weighted by atomic mass is 32.2. The Morgan fingerprint density at radius 2 is 1.90 bits per heavy atom. The number of hydrogen-bond donors (Lipinski definition) is 1. The lowest BCUT2D eigenvalue weighted by Gasteiger charge is -2.14. The maximum atomic E-state index is 11.6. The van der Waals surface area contributed by atoms with Crippen LogP contribution in [0.5, 0.6) is 5.75 Å². The van der Waals surface area contributed by atoms with Gasteiger partial charge in [-0.1, -0.05) is 24.3 Å². The predicted octanol–water partition coefficient (Wildman–Crippen LogP) is 5.80. The maximum Gasteiger partial charge on any atom is 0.355 e. The molecule has 39 heavy (non-hydrogen) atoms. The zero-order chi connectivity index (χ0) is 26.9. The standard InChI is InChI=1S/C29H29N3O5S2/c33-28(34)25-17-38-29(30-25)32-26(15-19-8-9-19)24(14-18-10-12-23(13-11-18)39(35)36)27(31-32)20-4-3-7-22(16-20)37-21-5-1-2-6-21/h3-4,7,10-13,16-17,19,21H,1-2,5-6,8-9,14-15H2,(H,33,34)(H,35,36)/p-1. The van der Waals surface area contributed by atoms with Gasteiger partial charge >= 0.3 is 5.97 Å². The molecule has 8 nitrogen and oxygen atoms in total. The van der Waals surface area contributed by atoms with Crippen LogP contribution in [0.4, 0.5) is 0 Å². The number of hydrogen-bond acceptors (Lipinski definition) is 7. The molecule has 0 bridgehead atoms. The Kier molecular flexibility index (Phi) is 7.33. The van der Waals surface area contributed by atoms with Gasteiger partial charge in [-0.05, 0) is 91.8 Å². The van der Waals surface area contributed by atoms with Gasteiger partial charge in [-0.2, -0.15) is 5.10 Å². The highest BCUT2D eigenvalue weighted by Gasteiger charge is 2.29. The Balaban J connectivity index is 1.45. The molecule has 2 aromatic heterocycles. The number of aromatic nitrogens is 3.